The van der Waals surface area contributed by atoms with E-state index in [9.17, 15) is 4.79 Å². The summed E-state index contributed by atoms with van der Waals surface area (Å²) in [5.41, 5.74) is 7.76. The van der Waals surface area contributed by atoms with Gasteiger partial charge in [0, 0.05) is 6.04 Å². The molecular weight excluding hydrogens is 356 g/mol. The fourth-order valence-corrected chi connectivity index (χ4v) is 7.80. The van der Waals surface area contributed by atoms with Gasteiger partial charge < -0.3 is 11.1 Å². The Morgan fingerprint density at radius 2 is 1.62 bits per heavy atom. The average Bonchev–Trinajstić information content (AvgIpc) is 2.73. The third-order valence-corrected chi connectivity index (χ3v) is 9.71. The summed E-state index contributed by atoms with van der Waals surface area (Å²) in [7, 11) is 0. The van der Waals surface area contributed by atoms with Gasteiger partial charge in [0.1, 0.15) is 0 Å². The van der Waals surface area contributed by atoms with E-state index in [2.05, 4.69) is 49.5 Å². The van der Waals surface area contributed by atoms with Crippen LogP contribution in [0.25, 0.3) is 0 Å². The minimum absolute atomic E-state index is 0.151. The van der Waals surface area contributed by atoms with Crippen LogP contribution in [0.1, 0.15) is 77.2 Å². The number of carbonyl (C=O) groups is 1. The minimum Gasteiger partial charge on any atom is -0.353 e. The molecule has 0 spiro atoms. The van der Waals surface area contributed by atoms with Crippen molar-refractivity contribution in [1.82, 2.24) is 5.32 Å². The highest BCUT2D eigenvalue weighted by Gasteiger charge is 2.66. The lowest BCUT2D eigenvalue weighted by Gasteiger charge is -2.67. The van der Waals surface area contributed by atoms with Crippen molar-refractivity contribution in [3.8, 4) is 0 Å². The van der Waals surface area contributed by atoms with Crippen molar-refractivity contribution in [2.45, 2.75) is 83.1 Å². The smallest absolute Gasteiger partial charge is 0.226 e. The highest BCUT2D eigenvalue weighted by molar-refractivity contribution is 5.84. The summed E-state index contributed by atoms with van der Waals surface area (Å²) in [6.45, 7) is 5.74. The number of benzene rings is 1. The summed E-state index contributed by atoms with van der Waals surface area (Å²) in [5.74, 6) is 2.34. The van der Waals surface area contributed by atoms with Gasteiger partial charge in [-0.05, 0) is 98.5 Å². The molecule has 1 aromatic rings. The molecule has 3 heteroatoms. The molecule has 5 fully saturated rings. The van der Waals surface area contributed by atoms with Crippen LogP contribution in [-0.4, -0.2) is 18.5 Å². The summed E-state index contributed by atoms with van der Waals surface area (Å²) < 4.78 is 0. The molecule has 2 unspecified atom stereocenters. The molecule has 4 bridgehead atoms. The number of amides is 1. The van der Waals surface area contributed by atoms with E-state index in [0.29, 0.717) is 35.1 Å². The van der Waals surface area contributed by atoms with Crippen LogP contribution in [0.3, 0.4) is 0 Å². The van der Waals surface area contributed by atoms with Gasteiger partial charge in [0.05, 0.1) is 5.41 Å². The predicted molar refractivity (Wildman–Crippen MR) is 117 cm³/mol. The van der Waals surface area contributed by atoms with Crippen molar-refractivity contribution < 1.29 is 4.79 Å². The number of rotatable bonds is 4. The van der Waals surface area contributed by atoms with Crippen molar-refractivity contribution in [1.29, 1.82) is 0 Å². The quantitative estimate of drug-likeness (QED) is 0.771. The van der Waals surface area contributed by atoms with E-state index in [-0.39, 0.29) is 10.8 Å². The van der Waals surface area contributed by atoms with Crippen LogP contribution in [0.2, 0.25) is 0 Å². The topological polar surface area (TPSA) is 55.1 Å². The van der Waals surface area contributed by atoms with Crippen molar-refractivity contribution in [2.75, 3.05) is 6.54 Å². The van der Waals surface area contributed by atoms with Crippen LogP contribution in [0.5, 0.6) is 0 Å². The Bertz CT molecular complexity index is 744. The van der Waals surface area contributed by atoms with E-state index in [1.54, 1.807) is 0 Å². The fraction of sp³-hybridized carbons (Fsp3) is 0.731. The van der Waals surface area contributed by atoms with Crippen LogP contribution in [-0.2, 0) is 10.2 Å². The van der Waals surface area contributed by atoms with Crippen LogP contribution in [0, 0.1) is 28.6 Å². The number of nitrogens with one attached hydrogen (secondary N) is 1. The highest BCUT2D eigenvalue weighted by atomic mass is 16.2. The number of hydrogen-bond acceptors (Lipinski definition) is 2. The molecule has 29 heavy (non-hydrogen) atoms. The van der Waals surface area contributed by atoms with Gasteiger partial charge in [-0.25, -0.2) is 0 Å². The molecule has 5 aliphatic carbocycles. The summed E-state index contributed by atoms with van der Waals surface area (Å²) in [4.78, 5) is 13.8. The normalized spacial score (nSPS) is 42.6. The molecule has 158 valence electrons. The maximum Gasteiger partial charge on any atom is 0.226 e. The summed E-state index contributed by atoms with van der Waals surface area (Å²) >= 11 is 0. The lowest BCUT2D eigenvalue weighted by molar-refractivity contribution is -0.172. The lowest BCUT2D eigenvalue weighted by atomic mass is 9.36. The van der Waals surface area contributed by atoms with Gasteiger partial charge in [0.2, 0.25) is 5.91 Å². The predicted octanol–water partition coefficient (Wildman–Crippen LogP) is 4.79. The molecule has 2 atom stereocenters. The number of nitrogens with two attached hydrogens (primary N) is 1. The van der Waals surface area contributed by atoms with Gasteiger partial charge in [-0.1, -0.05) is 44.2 Å². The molecule has 0 saturated heterocycles. The van der Waals surface area contributed by atoms with Gasteiger partial charge >= 0.3 is 0 Å². The Labute approximate surface area is 176 Å². The van der Waals surface area contributed by atoms with E-state index in [1.165, 1.54) is 31.2 Å². The van der Waals surface area contributed by atoms with E-state index < -0.39 is 0 Å². The second kappa shape index (κ2) is 6.83. The first-order valence-corrected chi connectivity index (χ1v) is 11.9. The molecular formula is C26H38N2O. The molecule has 5 aliphatic rings. The zero-order valence-electron chi connectivity index (χ0n) is 18.3. The van der Waals surface area contributed by atoms with E-state index in [4.69, 9.17) is 5.73 Å². The molecule has 1 amide bonds. The Hall–Kier alpha value is -1.35. The molecule has 6 rings (SSSR count). The molecule has 0 heterocycles. The monoisotopic (exact) mass is 394 g/mol. The molecule has 0 aromatic heterocycles. The Morgan fingerprint density at radius 3 is 2.21 bits per heavy atom. The van der Waals surface area contributed by atoms with Gasteiger partial charge in [0.25, 0.3) is 0 Å². The van der Waals surface area contributed by atoms with Crippen LogP contribution >= 0.6 is 0 Å². The Morgan fingerprint density at radius 1 is 1.00 bits per heavy atom. The number of carbonyl (C=O) groups excluding carboxylic acids is 1. The van der Waals surface area contributed by atoms with Gasteiger partial charge in [-0.2, -0.15) is 0 Å². The third kappa shape index (κ3) is 3.07. The first-order chi connectivity index (χ1) is 13.9. The van der Waals surface area contributed by atoms with E-state index >= 15 is 0 Å². The Balaban J connectivity index is 1.41. The molecule has 0 aliphatic heterocycles. The highest BCUT2D eigenvalue weighted by Crippen LogP contribution is 2.71. The van der Waals surface area contributed by atoms with Crippen molar-refractivity contribution in [3.63, 3.8) is 0 Å². The summed E-state index contributed by atoms with van der Waals surface area (Å²) in [5, 5.41) is 3.54. The maximum atomic E-state index is 13.8. The maximum absolute atomic E-state index is 13.8. The molecule has 5 saturated carbocycles. The average molecular weight is 395 g/mol. The lowest BCUT2D eigenvalue weighted by Crippen LogP contribution is -2.64. The largest absolute Gasteiger partial charge is 0.353 e. The van der Waals surface area contributed by atoms with Crippen molar-refractivity contribution in [2.24, 2.45) is 34.3 Å². The van der Waals surface area contributed by atoms with Gasteiger partial charge in [-0.15, -0.1) is 0 Å². The summed E-state index contributed by atoms with van der Waals surface area (Å²) in [6.07, 6.45) is 10.3. The third-order valence-electron chi connectivity index (χ3n) is 9.71. The van der Waals surface area contributed by atoms with Gasteiger partial charge in [-0.3, -0.25) is 4.79 Å². The van der Waals surface area contributed by atoms with Crippen LogP contribution in [0.15, 0.2) is 30.3 Å². The standard InChI is InChI=1S/C26H38N2O/c1-24(2)20-12-25(19-6-4-3-5-7-19)13-21(24)15-26(14-20,17-25)23(29)28-22-10-8-18(16-27)9-11-22/h3-7,18,20-22H,8-17,27H2,1-2H3,(H,28,29). The van der Waals surface area contributed by atoms with Gasteiger partial charge in [0.15, 0.2) is 0 Å². The van der Waals surface area contributed by atoms with Crippen molar-refractivity contribution >= 4 is 5.91 Å². The Kier molecular flexibility index (Phi) is 4.62. The zero-order valence-corrected chi connectivity index (χ0v) is 18.3. The zero-order chi connectivity index (χ0) is 20.3. The first-order valence-electron chi connectivity index (χ1n) is 11.9. The van der Waals surface area contributed by atoms with Crippen LogP contribution in [0.4, 0.5) is 0 Å². The minimum atomic E-state index is -0.151. The second-order valence-electron chi connectivity index (χ2n) is 11.6. The van der Waals surface area contributed by atoms with E-state index in [1.807, 2.05) is 0 Å². The molecule has 0 radical (unpaired) electrons. The molecule has 3 N–H and O–H groups in total. The number of hydrogen-bond donors (Lipinski definition) is 2. The van der Waals surface area contributed by atoms with Crippen LogP contribution < -0.4 is 11.1 Å². The molecule has 1 aromatic carbocycles. The molecule has 3 nitrogen and oxygen atoms in total. The second-order valence-corrected chi connectivity index (χ2v) is 11.6. The fourth-order valence-electron chi connectivity index (χ4n) is 7.80. The van der Waals surface area contributed by atoms with Crippen molar-refractivity contribution in [3.05, 3.63) is 35.9 Å². The summed E-state index contributed by atoms with van der Waals surface area (Å²) in [6, 6.07) is 11.5. The first kappa shape index (κ1) is 19.6. The SMILES string of the molecule is CC1(C)C2CC3(C(=O)NC4CCC(CN)CC4)CC1CC(c1ccccc1)(C2)C3. The van der Waals surface area contributed by atoms with E-state index in [0.717, 1.165) is 38.6 Å².